The molecule has 1 rings (SSSR count). The van der Waals surface area contributed by atoms with Crippen LogP contribution in [0.15, 0.2) is 18.2 Å². The topological polar surface area (TPSA) is 55.1 Å². The van der Waals surface area contributed by atoms with Crippen LogP contribution in [0.5, 0.6) is 0 Å². The molecule has 88 valence electrons. The van der Waals surface area contributed by atoms with Crippen LogP contribution in [0, 0.1) is 12.7 Å². The SMILES string of the molecule is Cc1ccc(C(C)NC(C)C(N)=O)cc1F. The second-order valence-corrected chi connectivity index (χ2v) is 4.02. The van der Waals surface area contributed by atoms with Crippen molar-refractivity contribution >= 4 is 5.91 Å². The Morgan fingerprint density at radius 1 is 1.44 bits per heavy atom. The van der Waals surface area contributed by atoms with E-state index in [4.69, 9.17) is 5.73 Å². The highest BCUT2D eigenvalue weighted by Crippen LogP contribution is 2.16. The lowest BCUT2D eigenvalue weighted by Crippen LogP contribution is -2.40. The Labute approximate surface area is 94.8 Å². The minimum atomic E-state index is -0.431. The highest BCUT2D eigenvalue weighted by atomic mass is 19.1. The van der Waals surface area contributed by atoms with E-state index in [1.807, 2.05) is 13.0 Å². The number of carbonyl (C=O) groups is 1. The standard InChI is InChI=1S/C12H17FN2O/c1-7-4-5-10(6-11(7)13)8(2)15-9(3)12(14)16/h4-6,8-9,15H,1-3H3,(H2,14,16). The van der Waals surface area contributed by atoms with E-state index in [1.165, 1.54) is 6.07 Å². The zero-order valence-corrected chi connectivity index (χ0v) is 9.75. The van der Waals surface area contributed by atoms with Crippen LogP contribution in [-0.2, 0) is 4.79 Å². The fourth-order valence-corrected chi connectivity index (χ4v) is 1.43. The maximum atomic E-state index is 13.3. The number of amides is 1. The van der Waals surface area contributed by atoms with Crippen molar-refractivity contribution in [1.82, 2.24) is 5.32 Å². The van der Waals surface area contributed by atoms with Gasteiger partial charge in [0.2, 0.25) is 5.91 Å². The summed E-state index contributed by atoms with van der Waals surface area (Å²) in [5.74, 6) is -0.655. The van der Waals surface area contributed by atoms with E-state index in [1.54, 1.807) is 19.9 Å². The summed E-state index contributed by atoms with van der Waals surface area (Å²) < 4.78 is 13.3. The molecule has 3 nitrogen and oxygen atoms in total. The van der Waals surface area contributed by atoms with Crippen molar-refractivity contribution in [3.63, 3.8) is 0 Å². The molecule has 2 unspecified atom stereocenters. The van der Waals surface area contributed by atoms with Gasteiger partial charge >= 0.3 is 0 Å². The van der Waals surface area contributed by atoms with Gasteiger partial charge < -0.3 is 5.73 Å². The molecule has 1 amide bonds. The van der Waals surface area contributed by atoms with Gasteiger partial charge in [-0.3, -0.25) is 10.1 Å². The molecule has 0 saturated carbocycles. The average molecular weight is 224 g/mol. The molecule has 16 heavy (non-hydrogen) atoms. The van der Waals surface area contributed by atoms with Crippen molar-refractivity contribution < 1.29 is 9.18 Å². The summed E-state index contributed by atoms with van der Waals surface area (Å²) in [5.41, 5.74) is 6.55. The van der Waals surface area contributed by atoms with Crippen molar-refractivity contribution in [3.05, 3.63) is 35.1 Å². The van der Waals surface area contributed by atoms with Gasteiger partial charge in [0.15, 0.2) is 0 Å². The molecule has 0 aromatic heterocycles. The van der Waals surface area contributed by atoms with Crippen molar-refractivity contribution in [3.8, 4) is 0 Å². The quantitative estimate of drug-likeness (QED) is 0.817. The molecule has 0 bridgehead atoms. The van der Waals surface area contributed by atoms with Gasteiger partial charge in [0, 0.05) is 6.04 Å². The molecule has 0 fully saturated rings. The Morgan fingerprint density at radius 2 is 2.06 bits per heavy atom. The maximum Gasteiger partial charge on any atom is 0.234 e. The molecule has 0 saturated heterocycles. The first-order valence-electron chi connectivity index (χ1n) is 5.23. The normalized spacial score (nSPS) is 14.5. The first kappa shape index (κ1) is 12.6. The van der Waals surface area contributed by atoms with Gasteiger partial charge in [-0.25, -0.2) is 4.39 Å². The van der Waals surface area contributed by atoms with Crippen LogP contribution in [-0.4, -0.2) is 11.9 Å². The van der Waals surface area contributed by atoms with Crippen LogP contribution < -0.4 is 11.1 Å². The van der Waals surface area contributed by atoms with Crippen LogP contribution in [0.25, 0.3) is 0 Å². The number of nitrogens with two attached hydrogens (primary N) is 1. The van der Waals surface area contributed by atoms with Gasteiger partial charge in [0.1, 0.15) is 5.82 Å². The summed E-state index contributed by atoms with van der Waals surface area (Å²) in [4.78, 5) is 10.9. The molecule has 0 aliphatic carbocycles. The van der Waals surface area contributed by atoms with E-state index >= 15 is 0 Å². The number of aryl methyl sites for hydroxylation is 1. The van der Waals surface area contributed by atoms with Crippen molar-refractivity contribution in [2.75, 3.05) is 0 Å². The second-order valence-electron chi connectivity index (χ2n) is 4.02. The number of rotatable bonds is 4. The minimum Gasteiger partial charge on any atom is -0.368 e. The number of hydrogen-bond acceptors (Lipinski definition) is 2. The van der Waals surface area contributed by atoms with Gasteiger partial charge in [0.05, 0.1) is 6.04 Å². The minimum absolute atomic E-state index is 0.113. The third kappa shape index (κ3) is 3.03. The molecule has 0 radical (unpaired) electrons. The van der Waals surface area contributed by atoms with E-state index in [0.717, 1.165) is 5.56 Å². The monoisotopic (exact) mass is 224 g/mol. The maximum absolute atomic E-state index is 13.3. The zero-order valence-electron chi connectivity index (χ0n) is 9.75. The second kappa shape index (κ2) is 5.07. The first-order valence-corrected chi connectivity index (χ1v) is 5.23. The Balaban J connectivity index is 2.76. The smallest absolute Gasteiger partial charge is 0.234 e. The lowest BCUT2D eigenvalue weighted by molar-refractivity contribution is -0.119. The Morgan fingerprint density at radius 3 is 2.56 bits per heavy atom. The summed E-state index contributed by atoms with van der Waals surface area (Å²) in [7, 11) is 0. The predicted molar refractivity (Wildman–Crippen MR) is 61.3 cm³/mol. The zero-order chi connectivity index (χ0) is 12.3. The van der Waals surface area contributed by atoms with Crippen LogP contribution in [0.2, 0.25) is 0 Å². The van der Waals surface area contributed by atoms with E-state index in [-0.39, 0.29) is 11.9 Å². The van der Waals surface area contributed by atoms with E-state index < -0.39 is 11.9 Å². The van der Waals surface area contributed by atoms with Crippen LogP contribution in [0.4, 0.5) is 4.39 Å². The lowest BCUT2D eigenvalue weighted by atomic mass is 10.1. The highest BCUT2D eigenvalue weighted by Gasteiger charge is 2.14. The van der Waals surface area contributed by atoms with Crippen molar-refractivity contribution in [1.29, 1.82) is 0 Å². The first-order chi connectivity index (χ1) is 7.41. The predicted octanol–water partition coefficient (Wildman–Crippen LogP) is 1.66. The molecule has 3 N–H and O–H groups in total. The summed E-state index contributed by atoms with van der Waals surface area (Å²) in [6.45, 7) is 5.26. The molecule has 1 aromatic carbocycles. The molecule has 0 heterocycles. The van der Waals surface area contributed by atoms with Gasteiger partial charge in [-0.05, 0) is 38.0 Å². The summed E-state index contributed by atoms with van der Waals surface area (Å²) >= 11 is 0. The molecule has 1 aromatic rings. The van der Waals surface area contributed by atoms with Crippen LogP contribution >= 0.6 is 0 Å². The molecular formula is C12H17FN2O. The molecular weight excluding hydrogens is 207 g/mol. The van der Waals surface area contributed by atoms with Gasteiger partial charge in [-0.15, -0.1) is 0 Å². The van der Waals surface area contributed by atoms with E-state index in [2.05, 4.69) is 5.32 Å². The number of nitrogens with one attached hydrogen (secondary N) is 1. The Kier molecular flexibility index (Phi) is 4.01. The van der Waals surface area contributed by atoms with Crippen molar-refractivity contribution in [2.45, 2.75) is 32.9 Å². The average Bonchev–Trinajstić information content (AvgIpc) is 2.21. The van der Waals surface area contributed by atoms with Crippen LogP contribution in [0.3, 0.4) is 0 Å². The third-order valence-electron chi connectivity index (χ3n) is 2.62. The fraction of sp³-hybridized carbons (Fsp3) is 0.417. The molecule has 0 spiro atoms. The summed E-state index contributed by atoms with van der Waals surface area (Å²) in [6, 6.07) is 4.49. The van der Waals surface area contributed by atoms with Gasteiger partial charge in [-0.2, -0.15) is 0 Å². The lowest BCUT2D eigenvalue weighted by Gasteiger charge is -2.18. The largest absolute Gasteiger partial charge is 0.368 e. The van der Waals surface area contributed by atoms with Crippen molar-refractivity contribution in [2.24, 2.45) is 5.73 Å². The summed E-state index contributed by atoms with van der Waals surface area (Å²) in [5, 5.41) is 3.00. The Hall–Kier alpha value is -1.42. The molecule has 0 aliphatic rings. The third-order valence-corrected chi connectivity index (χ3v) is 2.62. The van der Waals surface area contributed by atoms with Gasteiger partial charge in [0.25, 0.3) is 0 Å². The number of primary amides is 1. The molecule has 2 atom stereocenters. The Bertz CT molecular complexity index is 393. The van der Waals surface area contributed by atoms with E-state index in [9.17, 15) is 9.18 Å². The number of hydrogen-bond donors (Lipinski definition) is 2. The fourth-order valence-electron chi connectivity index (χ4n) is 1.43. The summed E-state index contributed by atoms with van der Waals surface area (Å²) in [6.07, 6.45) is 0. The highest BCUT2D eigenvalue weighted by molar-refractivity contribution is 5.79. The molecule has 4 heteroatoms. The number of halogens is 1. The van der Waals surface area contributed by atoms with Gasteiger partial charge in [-0.1, -0.05) is 12.1 Å². The number of benzene rings is 1. The van der Waals surface area contributed by atoms with Crippen LogP contribution in [0.1, 0.15) is 31.0 Å². The number of carbonyl (C=O) groups excluding carboxylic acids is 1. The van der Waals surface area contributed by atoms with E-state index in [0.29, 0.717) is 5.56 Å². The molecule has 0 aliphatic heterocycles.